The summed E-state index contributed by atoms with van der Waals surface area (Å²) in [5.74, 6) is 1.88. The molecule has 1 atom stereocenters. The molecular weight excluding hydrogens is 234 g/mol. The Labute approximate surface area is 99.8 Å². The lowest BCUT2D eigenvalue weighted by atomic mass is 10.2. The lowest BCUT2D eigenvalue weighted by Crippen LogP contribution is -2.44. The molecule has 0 saturated carbocycles. The van der Waals surface area contributed by atoms with Crippen LogP contribution in [0, 0.1) is 0 Å². The molecule has 0 bridgehead atoms. The van der Waals surface area contributed by atoms with Crippen molar-refractivity contribution >= 4 is 29.3 Å². The van der Waals surface area contributed by atoms with Crippen LogP contribution < -0.4 is 0 Å². The van der Waals surface area contributed by atoms with Crippen LogP contribution >= 0.6 is 23.4 Å². The maximum Gasteiger partial charge on any atom is 0.307 e. The van der Waals surface area contributed by atoms with E-state index in [4.69, 9.17) is 11.6 Å². The van der Waals surface area contributed by atoms with Crippen molar-refractivity contribution in [3.05, 3.63) is 11.6 Å². The summed E-state index contributed by atoms with van der Waals surface area (Å²) in [5.41, 5.74) is 0. The summed E-state index contributed by atoms with van der Waals surface area (Å²) >= 11 is 7.65. The fourth-order valence-corrected chi connectivity index (χ4v) is 2.87. The van der Waals surface area contributed by atoms with Crippen LogP contribution in [0.25, 0.3) is 0 Å². The largest absolute Gasteiger partial charge is 0.469 e. The van der Waals surface area contributed by atoms with Gasteiger partial charge in [-0.25, -0.2) is 0 Å². The summed E-state index contributed by atoms with van der Waals surface area (Å²) in [6, 6.07) is 0.228. The van der Waals surface area contributed by atoms with Crippen molar-refractivity contribution in [2.24, 2.45) is 0 Å². The molecule has 1 heterocycles. The molecule has 0 aromatic carbocycles. The summed E-state index contributed by atoms with van der Waals surface area (Å²) in [4.78, 5) is 13.4. The zero-order valence-corrected chi connectivity index (χ0v) is 10.4. The minimum atomic E-state index is -0.160. The molecule has 1 aliphatic heterocycles. The monoisotopic (exact) mass is 249 g/mol. The van der Waals surface area contributed by atoms with Crippen molar-refractivity contribution in [3.63, 3.8) is 0 Å². The van der Waals surface area contributed by atoms with E-state index in [9.17, 15) is 4.79 Å². The minimum Gasteiger partial charge on any atom is -0.469 e. The summed E-state index contributed by atoms with van der Waals surface area (Å²) < 4.78 is 4.68. The third kappa shape index (κ3) is 4.45. The zero-order valence-electron chi connectivity index (χ0n) is 8.87. The van der Waals surface area contributed by atoms with Crippen molar-refractivity contribution < 1.29 is 9.53 Å². The number of thioether (sulfide) groups is 1. The highest BCUT2D eigenvalue weighted by Crippen LogP contribution is 2.20. The van der Waals surface area contributed by atoms with E-state index in [-0.39, 0.29) is 12.0 Å². The first-order chi connectivity index (χ1) is 7.13. The first-order valence-electron chi connectivity index (χ1n) is 4.85. The molecule has 1 fully saturated rings. The second-order valence-electron chi connectivity index (χ2n) is 3.50. The van der Waals surface area contributed by atoms with Crippen LogP contribution in [0.3, 0.4) is 0 Å². The van der Waals surface area contributed by atoms with Gasteiger partial charge in [-0.05, 0) is 0 Å². The Hall–Kier alpha value is -0.190. The van der Waals surface area contributed by atoms with Crippen LogP contribution in [0.15, 0.2) is 11.6 Å². The molecule has 1 saturated heterocycles. The Kier molecular flexibility index (Phi) is 5.50. The van der Waals surface area contributed by atoms with Gasteiger partial charge in [-0.15, -0.1) is 0 Å². The summed E-state index contributed by atoms with van der Waals surface area (Å²) in [7, 11) is 1.42. The van der Waals surface area contributed by atoms with Crippen molar-refractivity contribution in [2.75, 3.05) is 31.7 Å². The van der Waals surface area contributed by atoms with E-state index in [1.807, 2.05) is 11.8 Å². The van der Waals surface area contributed by atoms with Gasteiger partial charge in [0.25, 0.3) is 0 Å². The first-order valence-corrected chi connectivity index (χ1v) is 6.38. The molecule has 1 unspecified atom stereocenters. The molecule has 5 heteroatoms. The highest BCUT2D eigenvalue weighted by molar-refractivity contribution is 7.99. The van der Waals surface area contributed by atoms with Gasteiger partial charge in [0.05, 0.1) is 13.5 Å². The Balaban J connectivity index is 2.49. The van der Waals surface area contributed by atoms with E-state index in [2.05, 4.69) is 16.2 Å². The Morgan fingerprint density at radius 1 is 1.73 bits per heavy atom. The predicted molar refractivity (Wildman–Crippen MR) is 64.3 cm³/mol. The lowest BCUT2D eigenvalue weighted by Gasteiger charge is -2.34. The summed E-state index contributed by atoms with van der Waals surface area (Å²) in [5, 5.41) is 0.622. The van der Waals surface area contributed by atoms with Gasteiger partial charge in [0.15, 0.2) is 0 Å². The average Bonchev–Trinajstić information content (AvgIpc) is 2.20. The van der Waals surface area contributed by atoms with Crippen LogP contribution in [0.5, 0.6) is 0 Å². The predicted octanol–water partition coefficient (Wildman–Crippen LogP) is 1.72. The number of hydrogen-bond donors (Lipinski definition) is 0. The van der Waals surface area contributed by atoms with E-state index >= 15 is 0 Å². The van der Waals surface area contributed by atoms with Gasteiger partial charge in [-0.2, -0.15) is 11.8 Å². The Morgan fingerprint density at radius 3 is 3.07 bits per heavy atom. The van der Waals surface area contributed by atoms with Gasteiger partial charge in [0.2, 0.25) is 0 Å². The van der Waals surface area contributed by atoms with Gasteiger partial charge >= 0.3 is 5.97 Å². The standard InChI is InChI=1S/C10H16ClNO2S/c1-8(11)6-12-3-4-15-7-9(12)5-10(13)14-2/h9H,1,3-7H2,2H3. The smallest absolute Gasteiger partial charge is 0.307 e. The van der Waals surface area contributed by atoms with Gasteiger partial charge in [0, 0.05) is 35.7 Å². The van der Waals surface area contributed by atoms with E-state index < -0.39 is 0 Å². The third-order valence-electron chi connectivity index (χ3n) is 2.35. The van der Waals surface area contributed by atoms with Crippen LogP contribution in [0.2, 0.25) is 0 Å². The molecule has 3 nitrogen and oxygen atoms in total. The second-order valence-corrected chi connectivity index (χ2v) is 5.18. The highest BCUT2D eigenvalue weighted by atomic mass is 35.5. The fraction of sp³-hybridized carbons (Fsp3) is 0.700. The number of methoxy groups -OCH3 is 1. The molecule has 0 amide bonds. The quantitative estimate of drug-likeness (QED) is 0.710. The normalized spacial score (nSPS) is 22.4. The number of carbonyl (C=O) groups is 1. The molecule has 1 aliphatic rings. The SMILES string of the molecule is C=C(Cl)CN1CCSCC1CC(=O)OC. The topological polar surface area (TPSA) is 29.5 Å². The van der Waals surface area contributed by atoms with Crippen LogP contribution in [-0.4, -0.2) is 48.6 Å². The van der Waals surface area contributed by atoms with E-state index in [1.165, 1.54) is 7.11 Å². The molecule has 0 aliphatic carbocycles. The van der Waals surface area contributed by atoms with Gasteiger partial charge < -0.3 is 4.74 Å². The van der Waals surface area contributed by atoms with Gasteiger partial charge in [0.1, 0.15) is 0 Å². The number of esters is 1. The number of carbonyl (C=O) groups excluding carboxylic acids is 1. The molecule has 86 valence electrons. The maximum absolute atomic E-state index is 11.2. The molecular formula is C10H16ClNO2S. The number of rotatable bonds is 4. The summed E-state index contributed by atoms with van der Waals surface area (Å²) in [6.45, 7) is 5.30. The molecule has 0 N–H and O–H groups in total. The van der Waals surface area contributed by atoms with E-state index in [1.54, 1.807) is 0 Å². The van der Waals surface area contributed by atoms with Crippen molar-refractivity contribution in [1.29, 1.82) is 0 Å². The zero-order chi connectivity index (χ0) is 11.3. The molecule has 0 aromatic rings. The van der Waals surface area contributed by atoms with Gasteiger partial charge in [-0.3, -0.25) is 9.69 Å². The molecule has 1 rings (SSSR count). The second kappa shape index (κ2) is 6.40. The van der Waals surface area contributed by atoms with Crippen molar-refractivity contribution in [1.82, 2.24) is 4.90 Å². The van der Waals surface area contributed by atoms with Crippen LogP contribution in [0.4, 0.5) is 0 Å². The Bertz CT molecular complexity index is 248. The summed E-state index contributed by atoms with van der Waals surface area (Å²) in [6.07, 6.45) is 0.438. The molecule has 0 aromatic heterocycles. The average molecular weight is 250 g/mol. The van der Waals surface area contributed by atoms with Crippen LogP contribution in [0.1, 0.15) is 6.42 Å². The Morgan fingerprint density at radius 2 is 2.47 bits per heavy atom. The fourth-order valence-electron chi connectivity index (χ4n) is 1.58. The maximum atomic E-state index is 11.2. The van der Waals surface area contributed by atoms with Gasteiger partial charge in [-0.1, -0.05) is 18.2 Å². The minimum absolute atomic E-state index is 0.160. The van der Waals surface area contributed by atoms with Crippen molar-refractivity contribution in [3.8, 4) is 0 Å². The van der Waals surface area contributed by atoms with E-state index in [0.29, 0.717) is 18.0 Å². The third-order valence-corrected chi connectivity index (χ3v) is 3.57. The number of ether oxygens (including phenoxy) is 1. The number of halogens is 1. The van der Waals surface area contributed by atoms with Crippen molar-refractivity contribution in [2.45, 2.75) is 12.5 Å². The molecule has 0 radical (unpaired) electrons. The first kappa shape index (κ1) is 12.9. The lowest BCUT2D eigenvalue weighted by molar-refractivity contribution is -0.141. The van der Waals surface area contributed by atoms with E-state index in [0.717, 1.165) is 18.1 Å². The highest BCUT2D eigenvalue weighted by Gasteiger charge is 2.25. The number of hydrogen-bond acceptors (Lipinski definition) is 4. The van der Waals surface area contributed by atoms with Crippen LogP contribution in [-0.2, 0) is 9.53 Å². The molecule has 0 spiro atoms. The molecule has 15 heavy (non-hydrogen) atoms. The number of nitrogens with zero attached hydrogens (tertiary/aromatic N) is 1.